The van der Waals surface area contributed by atoms with Gasteiger partial charge in [-0.15, -0.1) is 0 Å². The van der Waals surface area contributed by atoms with Crippen molar-refractivity contribution in [2.75, 3.05) is 0 Å². The van der Waals surface area contributed by atoms with Crippen LogP contribution in [0.3, 0.4) is 0 Å². The second-order valence-corrected chi connectivity index (χ2v) is 7.01. The Hall–Kier alpha value is -0.520. The molecule has 0 amide bonds. The number of hydrogen-bond donors (Lipinski definition) is 0. The summed E-state index contributed by atoms with van der Waals surface area (Å²) in [5.41, 5.74) is 3.61. The van der Waals surface area contributed by atoms with Gasteiger partial charge in [0.05, 0.1) is 0 Å². The molecule has 0 aromatic heterocycles. The molecule has 0 fully saturated rings. The molecule has 0 N–H and O–H groups in total. The van der Waals surface area contributed by atoms with E-state index in [9.17, 15) is 0 Å². The van der Waals surface area contributed by atoms with Gasteiger partial charge in [-0.05, 0) is 49.9 Å². The third kappa shape index (κ3) is 5.11. The Labute approximate surface area is 127 Å². The van der Waals surface area contributed by atoms with Crippen LogP contribution in [-0.2, 0) is 0 Å². The zero-order valence-corrected chi connectivity index (χ0v) is 14.7. The number of rotatable bonds is 10. The van der Waals surface area contributed by atoms with Crippen molar-refractivity contribution in [1.82, 2.24) is 0 Å². The second kappa shape index (κ2) is 8.70. The number of unbranched alkanes of at least 4 members (excludes halogenated alkanes) is 2. The quantitative estimate of drug-likeness (QED) is 0.305. The molecule has 0 saturated carbocycles. The summed E-state index contributed by atoms with van der Waals surface area (Å²) in [4.78, 5) is 0. The van der Waals surface area contributed by atoms with E-state index in [1.54, 1.807) is 5.57 Å². The number of hydrogen-bond acceptors (Lipinski definition) is 0. The van der Waals surface area contributed by atoms with E-state index in [1.807, 2.05) is 5.57 Å². The van der Waals surface area contributed by atoms with Gasteiger partial charge in [0.1, 0.15) is 0 Å². The minimum Gasteiger partial charge on any atom is -0.0883 e. The Kier molecular flexibility index (Phi) is 7.62. The van der Waals surface area contributed by atoms with Crippen molar-refractivity contribution in [2.24, 2.45) is 23.7 Å². The van der Waals surface area contributed by atoms with E-state index < -0.39 is 0 Å². The van der Waals surface area contributed by atoms with Crippen LogP contribution in [0.5, 0.6) is 0 Å². The van der Waals surface area contributed by atoms with Crippen LogP contribution in [0.25, 0.3) is 0 Å². The maximum Gasteiger partial charge on any atom is 0.00154 e. The van der Waals surface area contributed by atoms with Gasteiger partial charge in [0, 0.05) is 5.92 Å². The summed E-state index contributed by atoms with van der Waals surface area (Å²) < 4.78 is 0. The van der Waals surface area contributed by atoms with Gasteiger partial charge >= 0.3 is 0 Å². The summed E-state index contributed by atoms with van der Waals surface area (Å²) in [5, 5.41) is 0. The number of allylic oxidation sites excluding steroid dienone is 4. The zero-order valence-electron chi connectivity index (χ0n) is 14.7. The largest absolute Gasteiger partial charge is 0.0883 e. The van der Waals surface area contributed by atoms with Crippen LogP contribution in [0.2, 0.25) is 0 Å². The van der Waals surface area contributed by atoms with Gasteiger partial charge in [-0.25, -0.2) is 0 Å². The summed E-state index contributed by atoms with van der Waals surface area (Å²) in [6.07, 6.45) is 12.8. The van der Waals surface area contributed by atoms with Gasteiger partial charge < -0.3 is 0 Å². The summed E-state index contributed by atoms with van der Waals surface area (Å²) >= 11 is 0. The summed E-state index contributed by atoms with van der Waals surface area (Å²) in [7, 11) is 0. The fourth-order valence-corrected chi connectivity index (χ4v) is 3.15. The summed E-state index contributed by atoms with van der Waals surface area (Å²) in [6, 6.07) is 0. The molecule has 0 spiro atoms. The fraction of sp³-hybridized carbons (Fsp3) is 0.800. The Balaban J connectivity index is 2.15. The summed E-state index contributed by atoms with van der Waals surface area (Å²) in [6.45, 7) is 14.0. The first kappa shape index (κ1) is 17.5. The van der Waals surface area contributed by atoms with Crippen molar-refractivity contribution >= 4 is 0 Å². The highest BCUT2D eigenvalue weighted by atomic mass is 14.4. The predicted octanol–water partition coefficient (Wildman–Crippen LogP) is 6.78. The molecule has 0 heterocycles. The van der Waals surface area contributed by atoms with Crippen LogP contribution in [0.4, 0.5) is 0 Å². The molecule has 0 radical (unpaired) electrons. The van der Waals surface area contributed by atoms with Crippen molar-refractivity contribution in [1.29, 1.82) is 0 Å². The molecule has 116 valence electrons. The molecule has 0 saturated heterocycles. The SMILES string of the molecule is CCC1=C(C(C)CC)C1CCCCC=CC(C)C(C)C. The zero-order chi connectivity index (χ0) is 15.1. The Morgan fingerprint density at radius 3 is 2.30 bits per heavy atom. The molecule has 0 aliphatic heterocycles. The van der Waals surface area contributed by atoms with Gasteiger partial charge in [-0.3, -0.25) is 0 Å². The topological polar surface area (TPSA) is 0 Å². The van der Waals surface area contributed by atoms with Crippen LogP contribution in [0.15, 0.2) is 23.3 Å². The molecular weight excluding hydrogens is 240 g/mol. The van der Waals surface area contributed by atoms with Crippen molar-refractivity contribution < 1.29 is 0 Å². The average molecular weight is 277 g/mol. The lowest BCUT2D eigenvalue weighted by Crippen LogP contribution is -1.98. The highest BCUT2D eigenvalue weighted by Crippen LogP contribution is 2.49. The minimum atomic E-state index is 0.726. The molecule has 3 unspecified atom stereocenters. The van der Waals surface area contributed by atoms with Crippen molar-refractivity contribution in [3.8, 4) is 0 Å². The molecule has 1 aliphatic carbocycles. The lowest BCUT2D eigenvalue weighted by atomic mass is 9.97. The lowest BCUT2D eigenvalue weighted by Gasteiger charge is -2.09. The smallest absolute Gasteiger partial charge is 0.00154 e. The highest BCUT2D eigenvalue weighted by Gasteiger charge is 2.36. The maximum atomic E-state index is 2.40. The molecule has 3 atom stereocenters. The van der Waals surface area contributed by atoms with Gasteiger partial charge in [0.25, 0.3) is 0 Å². The van der Waals surface area contributed by atoms with E-state index in [0.29, 0.717) is 0 Å². The van der Waals surface area contributed by atoms with Gasteiger partial charge in [0.15, 0.2) is 0 Å². The lowest BCUT2D eigenvalue weighted by molar-refractivity contribution is 0.502. The molecule has 20 heavy (non-hydrogen) atoms. The van der Waals surface area contributed by atoms with Crippen LogP contribution >= 0.6 is 0 Å². The van der Waals surface area contributed by atoms with E-state index in [4.69, 9.17) is 0 Å². The Morgan fingerprint density at radius 2 is 1.75 bits per heavy atom. The maximum absolute atomic E-state index is 2.40. The fourth-order valence-electron chi connectivity index (χ4n) is 3.15. The van der Waals surface area contributed by atoms with E-state index in [2.05, 4.69) is 53.7 Å². The molecule has 0 nitrogen and oxygen atoms in total. The summed E-state index contributed by atoms with van der Waals surface area (Å²) in [5.74, 6) is 3.23. The minimum absolute atomic E-state index is 0.726. The third-order valence-corrected chi connectivity index (χ3v) is 5.21. The molecule has 0 aromatic carbocycles. The van der Waals surface area contributed by atoms with Crippen LogP contribution in [0.1, 0.15) is 80.1 Å². The van der Waals surface area contributed by atoms with E-state index >= 15 is 0 Å². The average Bonchev–Trinajstić information content (AvgIpc) is 3.14. The molecular formula is C20H36. The van der Waals surface area contributed by atoms with E-state index in [1.165, 1.54) is 38.5 Å². The van der Waals surface area contributed by atoms with Crippen molar-refractivity contribution in [2.45, 2.75) is 80.1 Å². The molecule has 0 heteroatoms. The van der Waals surface area contributed by atoms with E-state index in [-0.39, 0.29) is 0 Å². The molecule has 1 rings (SSSR count). The monoisotopic (exact) mass is 276 g/mol. The van der Waals surface area contributed by atoms with Crippen molar-refractivity contribution in [3.05, 3.63) is 23.3 Å². The van der Waals surface area contributed by atoms with Gasteiger partial charge in [-0.2, -0.15) is 0 Å². The van der Waals surface area contributed by atoms with Gasteiger partial charge in [0.2, 0.25) is 0 Å². The van der Waals surface area contributed by atoms with Crippen LogP contribution in [-0.4, -0.2) is 0 Å². The first-order valence-electron chi connectivity index (χ1n) is 8.92. The van der Waals surface area contributed by atoms with E-state index in [0.717, 1.165) is 23.7 Å². The second-order valence-electron chi connectivity index (χ2n) is 7.01. The normalized spacial score (nSPS) is 21.9. The molecule has 0 bridgehead atoms. The Morgan fingerprint density at radius 1 is 1.05 bits per heavy atom. The first-order valence-corrected chi connectivity index (χ1v) is 8.92. The molecule has 0 aromatic rings. The van der Waals surface area contributed by atoms with Crippen LogP contribution < -0.4 is 0 Å². The third-order valence-electron chi connectivity index (χ3n) is 5.21. The Bertz CT molecular complexity index is 332. The van der Waals surface area contributed by atoms with Crippen LogP contribution in [0, 0.1) is 23.7 Å². The standard InChI is InChI=1S/C20H36/c1-7-16(5)20-18(8-2)19(20)14-12-10-9-11-13-17(6)15(3)4/h11,13,15-17,19H,7-10,12,14H2,1-6H3. The first-order chi connectivity index (χ1) is 9.52. The predicted molar refractivity (Wildman–Crippen MR) is 91.9 cm³/mol. The van der Waals surface area contributed by atoms with Gasteiger partial charge in [-0.1, -0.05) is 71.3 Å². The highest BCUT2D eigenvalue weighted by molar-refractivity contribution is 5.42. The molecule has 1 aliphatic rings. The van der Waals surface area contributed by atoms with Crippen molar-refractivity contribution in [3.63, 3.8) is 0 Å².